The lowest BCUT2D eigenvalue weighted by molar-refractivity contribution is 0.629. The van der Waals surface area contributed by atoms with Crippen LogP contribution in [0.25, 0.3) is 10.9 Å². The molecular weight excluding hydrogens is 215 g/mol. The summed E-state index contributed by atoms with van der Waals surface area (Å²) in [5.41, 5.74) is 1.46. The number of hydrogen-bond donors (Lipinski definition) is 0. The fourth-order valence-electron chi connectivity index (χ4n) is 1.54. The summed E-state index contributed by atoms with van der Waals surface area (Å²) >= 11 is 5.79. The Labute approximate surface area is 92.1 Å². The summed E-state index contributed by atoms with van der Waals surface area (Å²) in [5.74, 6) is -0.0925. The molecule has 0 saturated carbocycles. The number of benzene rings is 1. The van der Waals surface area contributed by atoms with Crippen molar-refractivity contribution in [2.75, 3.05) is 0 Å². The number of nitrogens with zero attached hydrogens (tertiary/aromatic N) is 2. The van der Waals surface area contributed by atoms with Gasteiger partial charge in [0.1, 0.15) is 5.82 Å². The predicted octanol–water partition coefficient (Wildman–Crippen LogP) is 3.55. The summed E-state index contributed by atoms with van der Waals surface area (Å²) in [7, 11) is 0. The normalized spacial score (nSPS) is 11.3. The van der Waals surface area contributed by atoms with Crippen LogP contribution in [0.4, 0.5) is 4.39 Å². The van der Waals surface area contributed by atoms with E-state index in [-0.39, 0.29) is 17.0 Å². The maximum atomic E-state index is 13.1. The smallest absolute Gasteiger partial charge is 0.222 e. The van der Waals surface area contributed by atoms with E-state index in [2.05, 4.69) is 9.97 Å². The van der Waals surface area contributed by atoms with Crippen LogP contribution in [0.5, 0.6) is 0 Å². The van der Waals surface area contributed by atoms with Gasteiger partial charge in [-0.05, 0) is 35.7 Å². The van der Waals surface area contributed by atoms with Gasteiger partial charge in [-0.15, -0.1) is 0 Å². The topological polar surface area (TPSA) is 25.8 Å². The molecule has 0 radical (unpaired) electrons. The summed E-state index contributed by atoms with van der Waals surface area (Å²) in [5, 5.41) is 0.937. The fraction of sp³-hybridized carbons (Fsp3) is 0.273. The number of aromatic nitrogens is 2. The molecule has 2 aromatic rings. The second kappa shape index (κ2) is 3.74. The van der Waals surface area contributed by atoms with Crippen molar-refractivity contribution in [3.8, 4) is 0 Å². The minimum Gasteiger partial charge on any atom is -0.222 e. The maximum Gasteiger partial charge on any atom is 0.223 e. The molecule has 0 amide bonds. The van der Waals surface area contributed by atoms with Gasteiger partial charge in [-0.2, -0.15) is 0 Å². The molecule has 1 aromatic carbocycles. The van der Waals surface area contributed by atoms with E-state index >= 15 is 0 Å². The molecule has 0 bridgehead atoms. The van der Waals surface area contributed by atoms with Crippen LogP contribution in [-0.4, -0.2) is 9.97 Å². The van der Waals surface area contributed by atoms with E-state index in [9.17, 15) is 4.39 Å². The third-order valence-electron chi connectivity index (χ3n) is 2.21. The Kier molecular flexibility index (Phi) is 2.57. The first-order chi connectivity index (χ1) is 7.08. The van der Waals surface area contributed by atoms with Gasteiger partial charge in [0.15, 0.2) is 0 Å². The summed E-state index contributed by atoms with van der Waals surface area (Å²) < 4.78 is 13.1. The molecular formula is C11H10ClFN2. The summed E-state index contributed by atoms with van der Waals surface area (Å²) in [4.78, 5) is 8.18. The van der Waals surface area contributed by atoms with Gasteiger partial charge in [-0.1, -0.05) is 13.8 Å². The molecule has 0 atom stereocenters. The lowest BCUT2D eigenvalue weighted by Crippen LogP contribution is -1.97. The van der Waals surface area contributed by atoms with Crippen LogP contribution in [0.2, 0.25) is 5.28 Å². The first-order valence-corrected chi connectivity index (χ1v) is 5.08. The van der Waals surface area contributed by atoms with Crippen molar-refractivity contribution >= 4 is 22.5 Å². The molecule has 0 aliphatic rings. The Morgan fingerprint density at radius 3 is 2.67 bits per heavy atom. The van der Waals surface area contributed by atoms with Gasteiger partial charge in [0.05, 0.1) is 11.2 Å². The number of halogens is 2. The molecule has 78 valence electrons. The van der Waals surface area contributed by atoms with Crippen LogP contribution >= 0.6 is 11.6 Å². The van der Waals surface area contributed by atoms with Crippen molar-refractivity contribution in [1.29, 1.82) is 0 Å². The van der Waals surface area contributed by atoms with E-state index in [0.717, 1.165) is 11.1 Å². The molecule has 0 spiro atoms. The van der Waals surface area contributed by atoms with E-state index < -0.39 is 0 Å². The van der Waals surface area contributed by atoms with Gasteiger partial charge in [0.25, 0.3) is 0 Å². The minimum atomic E-state index is -0.282. The van der Waals surface area contributed by atoms with Crippen LogP contribution in [0.15, 0.2) is 18.2 Å². The summed E-state index contributed by atoms with van der Waals surface area (Å²) in [6.45, 7) is 3.98. The first kappa shape index (κ1) is 10.3. The number of fused-ring (bicyclic) bond motifs is 1. The lowest BCUT2D eigenvalue weighted by atomic mass is 10.0. The molecule has 1 aromatic heterocycles. The SMILES string of the molecule is CC(C)c1nc(Cl)nc2ccc(F)cc12. The standard InChI is InChI=1S/C11H10ClFN2/c1-6(2)10-8-5-7(13)3-4-9(8)14-11(12)15-10/h3-6H,1-2H3. The van der Waals surface area contributed by atoms with E-state index in [4.69, 9.17) is 11.6 Å². The average molecular weight is 225 g/mol. The number of rotatable bonds is 1. The van der Waals surface area contributed by atoms with E-state index in [1.807, 2.05) is 13.8 Å². The highest BCUT2D eigenvalue weighted by atomic mass is 35.5. The Balaban J connectivity index is 2.81. The van der Waals surface area contributed by atoms with Gasteiger partial charge in [-0.3, -0.25) is 0 Å². The predicted molar refractivity (Wildman–Crippen MR) is 58.6 cm³/mol. The maximum absolute atomic E-state index is 13.1. The molecule has 0 N–H and O–H groups in total. The van der Waals surface area contributed by atoms with Crippen molar-refractivity contribution < 1.29 is 4.39 Å². The third kappa shape index (κ3) is 1.92. The zero-order chi connectivity index (χ0) is 11.0. The first-order valence-electron chi connectivity index (χ1n) is 4.70. The quantitative estimate of drug-likeness (QED) is 0.693. The second-order valence-electron chi connectivity index (χ2n) is 3.69. The Bertz CT molecular complexity index is 511. The van der Waals surface area contributed by atoms with Crippen molar-refractivity contribution in [3.05, 3.63) is 35.0 Å². The molecule has 0 saturated heterocycles. The van der Waals surface area contributed by atoms with Crippen molar-refractivity contribution in [1.82, 2.24) is 9.97 Å². The lowest BCUT2D eigenvalue weighted by Gasteiger charge is -2.08. The number of hydrogen-bond acceptors (Lipinski definition) is 2. The van der Waals surface area contributed by atoms with Crippen LogP contribution in [-0.2, 0) is 0 Å². The van der Waals surface area contributed by atoms with Gasteiger partial charge >= 0.3 is 0 Å². The molecule has 0 fully saturated rings. The fourth-order valence-corrected chi connectivity index (χ4v) is 1.72. The van der Waals surface area contributed by atoms with Gasteiger partial charge in [-0.25, -0.2) is 14.4 Å². The van der Waals surface area contributed by atoms with E-state index in [1.54, 1.807) is 6.07 Å². The van der Waals surface area contributed by atoms with Crippen molar-refractivity contribution in [3.63, 3.8) is 0 Å². The largest absolute Gasteiger partial charge is 0.223 e. The van der Waals surface area contributed by atoms with Crippen molar-refractivity contribution in [2.24, 2.45) is 0 Å². The molecule has 0 aliphatic heterocycles. The zero-order valence-corrected chi connectivity index (χ0v) is 9.22. The average Bonchev–Trinajstić information content (AvgIpc) is 2.17. The van der Waals surface area contributed by atoms with Gasteiger partial charge in [0.2, 0.25) is 5.28 Å². The second-order valence-corrected chi connectivity index (χ2v) is 4.03. The van der Waals surface area contributed by atoms with Crippen LogP contribution in [0.1, 0.15) is 25.5 Å². The molecule has 0 unspecified atom stereocenters. The van der Waals surface area contributed by atoms with Gasteiger partial charge in [0, 0.05) is 5.39 Å². The Hall–Kier alpha value is -1.22. The molecule has 1 heterocycles. The highest BCUT2D eigenvalue weighted by Gasteiger charge is 2.10. The summed E-state index contributed by atoms with van der Waals surface area (Å²) in [6.07, 6.45) is 0. The Morgan fingerprint density at radius 2 is 2.00 bits per heavy atom. The minimum absolute atomic E-state index is 0.190. The molecule has 0 aliphatic carbocycles. The van der Waals surface area contributed by atoms with Crippen LogP contribution < -0.4 is 0 Å². The van der Waals surface area contributed by atoms with Crippen molar-refractivity contribution in [2.45, 2.75) is 19.8 Å². The zero-order valence-electron chi connectivity index (χ0n) is 8.46. The molecule has 15 heavy (non-hydrogen) atoms. The molecule has 4 heteroatoms. The Morgan fingerprint density at radius 1 is 1.27 bits per heavy atom. The van der Waals surface area contributed by atoms with E-state index in [1.165, 1.54) is 12.1 Å². The monoisotopic (exact) mass is 224 g/mol. The van der Waals surface area contributed by atoms with Gasteiger partial charge < -0.3 is 0 Å². The molecule has 2 nitrogen and oxygen atoms in total. The third-order valence-corrected chi connectivity index (χ3v) is 2.38. The molecule has 2 rings (SSSR count). The van der Waals surface area contributed by atoms with E-state index in [0.29, 0.717) is 5.52 Å². The van der Waals surface area contributed by atoms with Crippen LogP contribution in [0, 0.1) is 5.82 Å². The highest BCUT2D eigenvalue weighted by molar-refractivity contribution is 6.28. The summed E-state index contributed by atoms with van der Waals surface area (Å²) in [6, 6.07) is 4.43. The van der Waals surface area contributed by atoms with Crippen LogP contribution in [0.3, 0.4) is 0 Å². The highest BCUT2D eigenvalue weighted by Crippen LogP contribution is 2.24.